The minimum atomic E-state index is 0.553. The maximum absolute atomic E-state index is 5.59. The Morgan fingerprint density at radius 3 is 2.96 bits per heavy atom. The van der Waals surface area contributed by atoms with Crippen molar-refractivity contribution in [2.75, 3.05) is 25.1 Å². The topological polar surface area (TPSA) is 64.9 Å². The fourth-order valence-corrected chi connectivity index (χ4v) is 3.42. The summed E-state index contributed by atoms with van der Waals surface area (Å²) < 4.78 is 7.66. The van der Waals surface area contributed by atoms with Gasteiger partial charge in [0.2, 0.25) is 0 Å². The highest BCUT2D eigenvalue weighted by Gasteiger charge is 2.19. The first-order valence-corrected chi connectivity index (χ1v) is 9.71. The van der Waals surface area contributed by atoms with Crippen molar-refractivity contribution >= 4 is 16.9 Å². The Bertz CT molecular complexity index is 676. The van der Waals surface area contributed by atoms with E-state index in [1.165, 1.54) is 6.42 Å². The van der Waals surface area contributed by atoms with Crippen molar-refractivity contribution in [1.29, 1.82) is 0 Å². The van der Waals surface area contributed by atoms with E-state index < -0.39 is 0 Å². The van der Waals surface area contributed by atoms with Gasteiger partial charge in [0.05, 0.1) is 17.7 Å². The number of aryl methyl sites for hydroxylation is 1. The van der Waals surface area contributed by atoms with E-state index in [-0.39, 0.29) is 0 Å². The molecule has 6 nitrogen and oxygen atoms in total. The molecule has 0 aliphatic carbocycles. The van der Waals surface area contributed by atoms with Crippen LogP contribution in [0.2, 0.25) is 0 Å². The van der Waals surface area contributed by atoms with Crippen LogP contribution in [0, 0.1) is 11.8 Å². The number of aromatic nitrogens is 4. The summed E-state index contributed by atoms with van der Waals surface area (Å²) >= 11 is 0. The van der Waals surface area contributed by atoms with E-state index in [4.69, 9.17) is 9.84 Å². The zero-order chi connectivity index (χ0) is 17.6. The molecule has 1 aliphatic heterocycles. The van der Waals surface area contributed by atoms with Crippen molar-refractivity contribution < 1.29 is 4.74 Å². The van der Waals surface area contributed by atoms with Gasteiger partial charge >= 0.3 is 0 Å². The van der Waals surface area contributed by atoms with Crippen LogP contribution in [0.15, 0.2) is 6.33 Å². The number of unbranched alkanes of at least 4 members (excludes halogenated alkanes) is 1. The van der Waals surface area contributed by atoms with Crippen molar-refractivity contribution in [3.8, 4) is 0 Å². The SMILES string of the molecule is CCCCn1nc(CC(C)C)c2c(NCC3CCCOC3)ncnc21. The number of nitrogens with zero attached hydrogens (tertiary/aromatic N) is 4. The minimum Gasteiger partial charge on any atom is -0.381 e. The van der Waals surface area contributed by atoms with Crippen molar-refractivity contribution in [1.82, 2.24) is 19.7 Å². The summed E-state index contributed by atoms with van der Waals surface area (Å²) in [5.74, 6) is 2.04. The number of anilines is 1. The van der Waals surface area contributed by atoms with Gasteiger partial charge in [0, 0.05) is 19.7 Å². The maximum atomic E-state index is 5.59. The average Bonchev–Trinajstić information content (AvgIpc) is 2.96. The summed E-state index contributed by atoms with van der Waals surface area (Å²) in [5.41, 5.74) is 2.07. The fraction of sp³-hybridized carbons (Fsp3) is 0.737. The smallest absolute Gasteiger partial charge is 0.163 e. The minimum absolute atomic E-state index is 0.553. The Kier molecular flexibility index (Phi) is 6.24. The van der Waals surface area contributed by atoms with E-state index in [0.717, 1.165) is 74.5 Å². The van der Waals surface area contributed by atoms with Gasteiger partial charge in [0.15, 0.2) is 5.65 Å². The molecule has 1 saturated heterocycles. The Labute approximate surface area is 150 Å². The number of hydrogen-bond acceptors (Lipinski definition) is 5. The number of hydrogen-bond donors (Lipinski definition) is 1. The van der Waals surface area contributed by atoms with E-state index in [1.807, 2.05) is 0 Å². The maximum Gasteiger partial charge on any atom is 0.163 e. The van der Waals surface area contributed by atoms with Crippen molar-refractivity contribution in [3.63, 3.8) is 0 Å². The summed E-state index contributed by atoms with van der Waals surface area (Å²) in [6.45, 7) is 10.2. The molecule has 0 amide bonds. The molecule has 0 saturated carbocycles. The van der Waals surface area contributed by atoms with Crippen LogP contribution in [-0.2, 0) is 17.7 Å². The fourth-order valence-electron chi connectivity index (χ4n) is 3.42. The molecule has 6 heteroatoms. The van der Waals surface area contributed by atoms with Gasteiger partial charge in [-0.15, -0.1) is 0 Å². The largest absolute Gasteiger partial charge is 0.381 e. The molecule has 3 heterocycles. The Morgan fingerprint density at radius 1 is 1.36 bits per heavy atom. The van der Waals surface area contributed by atoms with Gasteiger partial charge in [-0.2, -0.15) is 5.10 Å². The number of ether oxygens (including phenoxy) is 1. The summed E-state index contributed by atoms with van der Waals surface area (Å²) in [6.07, 6.45) is 7.24. The second-order valence-corrected chi connectivity index (χ2v) is 7.51. The van der Waals surface area contributed by atoms with Gasteiger partial charge in [-0.25, -0.2) is 14.6 Å². The second kappa shape index (κ2) is 8.61. The van der Waals surface area contributed by atoms with E-state index in [2.05, 4.69) is 40.7 Å². The molecule has 1 atom stereocenters. The van der Waals surface area contributed by atoms with E-state index in [9.17, 15) is 0 Å². The molecule has 25 heavy (non-hydrogen) atoms. The average molecular weight is 345 g/mol. The van der Waals surface area contributed by atoms with Crippen LogP contribution >= 0.6 is 0 Å². The highest BCUT2D eigenvalue weighted by molar-refractivity contribution is 5.89. The lowest BCUT2D eigenvalue weighted by atomic mass is 10.0. The van der Waals surface area contributed by atoms with Crippen LogP contribution in [0.5, 0.6) is 0 Å². The van der Waals surface area contributed by atoms with Crippen LogP contribution in [0.25, 0.3) is 11.0 Å². The number of fused-ring (bicyclic) bond motifs is 1. The van der Waals surface area contributed by atoms with Gasteiger partial charge in [-0.05, 0) is 37.5 Å². The molecule has 0 radical (unpaired) electrons. The summed E-state index contributed by atoms with van der Waals surface area (Å²) in [4.78, 5) is 9.08. The monoisotopic (exact) mass is 345 g/mol. The van der Waals surface area contributed by atoms with E-state index in [1.54, 1.807) is 6.33 Å². The first kappa shape index (κ1) is 18.1. The molecule has 1 N–H and O–H groups in total. The quantitative estimate of drug-likeness (QED) is 0.791. The molecule has 1 fully saturated rings. The van der Waals surface area contributed by atoms with Crippen LogP contribution < -0.4 is 5.32 Å². The van der Waals surface area contributed by atoms with Crippen molar-refractivity contribution in [2.24, 2.45) is 11.8 Å². The van der Waals surface area contributed by atoms with Crippen LogP contribution in [0.1, 0.15) is 52.1 Å². The lowest BCUT2D eigenvalue weighted by Gasteiger charge is -2.22. The molecule has 3 rings (SSSR count). The highest BCUT2D eigenvalue weighted by atomic mass is 16.5. The zero-order valence-corrected chi connectivity index (χ0v) is 15.8. The Morgan fingerprint density at radius 2 is 2.24 bits per heavy atom. The van der Waals surface area contributed by atoms with Gasteiger partial charge in [0.25, 0.3) is 0 Å². The molecule has 1 aliphatic rings. The molecular formula is C19H31N5O. The van der Waals surface area contributed by atoms with Crippen LogP contribution in [-0.4, -0.2) is 39.5 Å². The standard InChI is InChI=1S/C19H31N5O/c1-4-5-8-24-19-17(16(23-24)10-14(2)3)18(21-13-22-19)20-11-15-7-6-9-25-12-15/h13-15H,4-12H2,1-3H3,(H,20,21,22). The second-order valence-electron chi connectivity index (χ2n) is 7.51. The third kappa shape index (κ3) is 4.48. The number of nitrogens with one attached hydrogen (secondary N) is 1. The van der Waals surface area contributed by atoms with Crippen molar-refractivity contribution in [2.45, 2.75) is 59.4 Å². The predicted molar refractivity (Wildman–Crippen MR) is 101 cm³/mol. The number of rotatable bonds is 8. The van der Waals surface area contributed by atoms with Gasteiger partial charge < -0.3 is 10.1 Å². The summed E-state index contributed by atoms with van der Waals surface area (Å²) in [5, 5.41) is 9.53. The first-order chi connectivity index (χ1) is 12.2. The van der Waals surface area contributed by atoms with E-state index >= 15 is 0 Å². The lowest BCUT2D eigenvalue weighted by molar-refractivity contribution is 0.0595. The van der Waals surface area contributed by atoms with Crippen molar-refractivity contribution in [3.05, 3.63) is 12.0 Å². The lowest BCUT2D eigenvalue weighted by Crippen LogP contribution is -2.24. The van der Waals surface area contributed by atoms with Gasteiger partial charge in [-0.1, -0.05) is 27.2 Å². The first-order valence-electron chi connectivity index (χ1n) is 9.71. The third-order valence-corrected chi connectivity index (χ3v) is 4.74. The van der Waals surface area contributed by atoms with E-state index in [0.29, 0.717) is 11.8 Å². The summed E-state index contributed by atoms with van der Waals surface area (Å²) in [7, 11) is 0. The molecule has 0 spiro atoms. The molecule has 0 bridgehead atoms. The molecule has 2 aromatic heterocycles. The molecule has 2 aromatic rings. The molecular weight excluding hydrogens is 314 g/mol. The summed E-state index contributed by atoms with van der Waals surface area (Å²) in [6, 6.07) is 0. The Hall–Kier alpha value is -1.69. The predicted octanol–water partition coefficient (Wildman–Crippen LogP) is 3.66. The Balaban J connectivity index is 1.86. The third-order valence-electron chi connectivity index (χ3n) is 4.74. The highest BCUT2D eigenvalue weighted by Crippen LogP contribution is 2.26. The zero-order valence-electron chi connectivity index (χ0n) is 15.8. The van der Waals surface area contributed by atoms with Crippen LogP contribution in [0.4, 0.5) is 5.82 Å². The van der Waals surface area contributed by atoms with Crippen LogP contribution in [0.3, 0.4) is 0 Å². The molecule has 1 unspecified atom stereocenters. The normalized spacial score (nSPS) is 18.2. The van der Waals surface area contributed by atoms with Gasteiger partial charge in [-0.3, -0.25) is 0 Å². The molecule has 138 valence electrons. The van der Waals surface area contributed by atoms with Gasteiger partial charge in [0.1, 0.15) is 12.1 Å². The molecule has 0 aromatic carbocycles.